The molecule has 1 rings (SSSR count). The maximum Gasteiger partial charge on any atom is 0.348 e. The molecule has 1 unspecified atom stereocenters. The van der Waals surface area contributed by atoms with Crippen molar-refractivity contribution in [2.75, 3.05) is 6.61 Å². The Labute approximate surface area is 110 Å². The van der Waals surface area contributed by atoms with E-state index in [4.69, 9.17) is 5.26 Å². The van der Waals surface area contributed by atoms with Crippen molar-refractivity contribution in [3.63, 3.8) is 0 Å². The lowest BCUT2D eigenvalue weighted by Gasteiger charge is -2.09. The Balaban J connectivity index is 3.11. The molecule has 0 aliphatic rings. The summed E-state index contributed by atoms with van der Waals surface area (Å²) in [7, 11) is 0. The van der Waals surface area contributed by atoms with Gasteiger partial charge in [0.15, 0.2) is 12.4 Å². The molecule has 6 heteroatoms. The molecule has 0 N–H and O–H groups in total. The number of pyridine rings is 1. The highest BCUT2D eigenvalue weighted by Gasteiger charge is 2.21. The Morgan fingerprint density at radius 2 is 2.05 bits per heavy atom. The van der Waals surface area contributed by atoms with Crippen molar-refractivity contribution in [1.29, 1.82) is 5.26 Å². The van der Waals surface area contributed by atoms with Gasteiger partial charge >= 0.3 is 5.97 Å². The first-order chi connectivity index (χ1) is 9.10. The first-order valence-electron chi connectivity index (χ1n) is 5.55. The van der Waals surface area contributed by atoms with E-state index in [0.717, 1.165) is 6.08 Å². The topological polar surface area (TPSA) is 94.1 Å². The van der Waals surface area contributed by atoms with Crippen molar-refractivity contribution in [3.8, 4) is 6.07 Å². The Morgan fingerprint density at radius 1 is 1.42 bits per heavy atom. The molecule has 0 spiro atoms. The molecule has 1 aromatic heterocycles. The number of carboxylic acids is 1. The van der Waals surface area contributed by atoms with Gasteiger partial charge in [-0.15, -0.1) is 0 Å². The number of carbonyl (C=O) groups excluding carboxylic acids is 2. The number of ether oxygens (including phenoxy) is 1. The molecule has 0 aromatic carbocycles. The van der Waals surface area contributed by atoms with Crippen molar-refractivity contribution >= 4 is 11.9 Å². The van der Waals surface area contributed by atoms with Gasteiger partial charge in [-0.1, -0.05) is 6.07 Å². The quantitative estimate of drug-likeness (QED) is 0.301. The average Bonchev–Trinajstić information content (AvgIpc) is 2.40. The molecule has 0 bridgehead atoms. The number of nitriles is 1. The summed E-state index contributed by atoms with van der Waals surface area (Å²) in [5.41, 5.74) is -0.368. The monoisotopic (exact) mass is 260 g/mol. The largest absolute Gasteiger partial charge is 0.543 e. The summed E-state index contributed by atoms with van der Waals surface area (Å²) in [5, 5.41) is 20.0. The summed E-state index contributed by atoms with van der Waals surface area (Å²) >= 11 is 0. The van der Waals surface area contributed by atoms with Gasteiger partial charge in [-0.25, -0.2) is 4.79 Å². The maximum absolute atomic E-state index is 11.4. The van der Waals surface area contributed by atoms with E-state index >= 15 is 0 Å². The molecule has 98 valence electrons. The zero-order valence-electron chi connectivity index (χ0n) is 10.3. The SMILES string of the molecule is CCOC(=O)/C(C#N)=C/C(C(=O)[O-])[n+]1ccccc1. The summed E-state index contributed by atoms with van der Waals surface area (Å²) in [6.07, 6.45) is 4.00. The molecule has 6 nitrogen and oxygen atoms in total. The lowest BCUT2D eigenvalue weighted by molar-refractivity contribution is -0.705. The second-order valence-electron chi connectivity index (χ2n) is 3.50. The van der Waals surface area contributed by atoms with Gasteiger partial charge in [-0.3, -0.25) is 0 Å². The van der Waals surface area contributed by atoms with E-state index in [9.17, 15) is 14.7 Å². The van der Waals surface area contributed by atoms with Crippen molar-refractivity contribution < 1.29 is 24.0 Å². The molecule has 19 heavy (non-hydrogen) atoms. The normalized spacial score (nSPS) is 12.3. The van der Waals surface area contributed by atoms with Crippen molar-refractivity contribution in [2.45, 2.75) is 13.0 Å². The molecule has 0 fully saturated rings. The van der Waals surface area contributed by atoms with Gasteiger partial charge in [0.2, 0.25) is 6.04 Å². The van der Waals surface area contributed by atoms with E-state index in [1.165, 1.54) is 17.0 Å². The van der Waals surface area contributed by atoms with Crippen LogP contribution in [0, 0.1) is 11.3 Å². The third-order valence-corrected chi connectivity index (χ3v) is 2.24. The summed E-state index contributed by atoms with van der Waals surface area (Å²) in [6, 6.07) is 5.34. The zero-order valence-corrected chi connectivity index (χ0v) is 10.3. The lowest BCUT2D eigenvalue weighted by atomic mass is 10.1. The minimum Gasteiger partial charge on any atom is -0.543 e. The van der Waals surface area contributed by atoms with Crippen LogP contribution in [0.1, 0.15) is 13.0 Å². The van der Waals surface area contributed by atoms with Crippen molar-refractivity contribution in [2.24, 2.45) is 0 Å². The first kappa shape index (κ1) is 14.4. The van der Waals surface area contributed by atoms with E-state index in [1.807, 2.05) is 0 Å². The van der Waals surface area contributed by atoms with Gasteiger partial charge in [0.05, 0.1) is 6.61 Å². The molecular formula is C13H12N2O4. The van der Waals surface area contributed by atoms with Gasteiger partial charge in [0, 0.05) is 18.2 Å². The highest BCUT2D eigenvalue weighted by atomic mass is 16.5. The lowest BCUT2D eigenvalue weighted by Crippen LogP contribution is -2.48. The third kappa shape index (κ3) is 3.92. The van der Waals surface area contributed by atoms with Crippen LogP contribution < -0.4 is 9.67 Å². The summed E-state index contributed by atoms with van der Waals surface area (Å²) in [6.45, 7) is 1.70. The van der Waals surface area contributed by atoms with E-state index < -0.39 is 18.0 Å². The Hall–Kier alpha value is -2.68. The molecule has 0 aliphatic heterocycles. The van der Waals surface area contributed by atoms with Crippen LogP contribution >= 0.6 is 0 Å². The van der Waals surface area contributed by atoms with Crippen molar-refractivity contribution in [1.82, 2.24) is 0 Å². The number of carboxylic acid groups (broad SMARTS) is 1. The highest BCUT2D eigenvalue weighted by Crippen LogP contribution is 2.05. The van der Waals surface area contributed by atoms with E-state index in [0.29, 0.717) is 0 Å². The number of aliphatic carboxylic acids is 1. The molecule has 0 amide bonds. The Kier molecular flexibility index (Phi) is 5.23. The van der Waals surface area contributed by atoms with Gasteiger partial charge in [0.25, 0.3) is 0 Å². The fourth-order valence-electron chi connectivity index (χ4n) is 1.39. The second-order valence-corrected chi connectivity index (χ2v) is 3.50. The Morgan fingerprint density at radius 3 is 2.53 bits per heavy atom. The van der Waals surface area contributed by atoms with Crippen LogP contribution in [0.25, 0.3) is 0 Å². The molecule has 0 aliphatic carbocycles. The second kappa shape index (κ2) is 6.91. The third-order valence-electron chi connectivity index (χ3n) is 2.24. The molecule has 1 heterocycles. The summed E-state index contributed by atoms with van der Waals surface area (Å²) < 4.78 is 5.97. The standard InChI is InChI=1S/C13H12N2O4/c1-2-19-13(18)10(9-14)8-11(12(16)17)15-6-4-3-5-7-15/h3-8,11H,2H2,1H3/b10-8+. The van der Waals surface area contributed by atoms with Crippen LogP contribution in [0.15, 0.2) is 42.2 Å². The number of nitrogens with zero attached hydrogens (tertiary/aromatic N) is 2. The molecule has 1 aromatic rings. The first-order valence-corrected chi connectivity index (χ1v) is 5.55. The smallest absolute Gasteiger partial charge is 0.348 e. The van der Waals surface area contributed by atoms with E-state index in [2.05, 4.69) is 4.74 Å². The number of hydrogen-bond donors (Lipinski definition) is 0. The van der Waals surface area contributed by atoms with Crippen molar-refractivity contribution in [3.05, 3.63) is 42.2 Å². The predicted molar refractivity (Wildman–Crippen MR) is 61.0 cm³/mol. The van der Waals surface area contributed by atoms with Gasteiger partial charge in [0.1, 0.15) is 17.6 Å². The van der Waals surface area contributed by atoms with E-state index in [-0.39, 0.29) is 12.2 Å². The van der Waals surface area contributed by atoms with Gasteiger partial charge < -0.3 is 14.6 Å². The Bertz CT molecular complexity index is 531. The minimum atomic E-state index is -1.42. The summed E-state index contributed by atoms with van der Waals surface area (Å²) in [4.78, 5) is 22.5. The van der Waals surface area contributed by atoms with Crippen LogP contribution in [0.2, 0.25) is 0 Å². The highest BCUT2D eigenvalue weighted by molar-refractivity contribution is 5.93. The molecular weight excluding hydrogens is 248 g/mol. The maximum atomic E-state index is 11.4. The van der Waals surface area contributed by atoms with Crippen LogP contribution in [0.4, 0.5) is 0 Å². The zero-order chi connectivity index (χ0) is 14.3. The molecule has 0 saturated heterocycles. The number of aromatic nitrogens is 1. The van der Waals surface area contributed by atoms with Crippen LogP contribution in [0.5, 0.6) is 0 Å². The number of esters is 1. The molecule has 0 saturated carbocycles. The van der Waals surface area contributed by atoms with Crippen LogP contribution in [-0.4, -0.2) is 18.5 Å². The van der Waals surface area contributed by atoms with E-state index in [1.54, 1.807) is 31.2 Å². The van der Waals surface area contributed by atoms with Gasteiger partial charge in [-0.2, -0.15) is 9.83 Å². The average molecular weight is 260 g/mol. The minimum absolute atomic E-state index is 0.103. The fraction of sp³-hybridized carbons (Fsp3) is 0.231. The van der Waals surface area contributed by atoms with Gasteiger partial charge in [-0.05, 0) is 6.92 Å². The predicted octanol–water partition coefficient (Wildman–Crippen LogP) is -0.722. The van der Waals surface area contributed by atoms with Crippen LogP contribution in [-0.2, 0) is 14.3 Å². The molecule has 0 radical (unpaired) electrons. The molecule has 1 atom stereocenters. The summed E-state index contributed by atoms with van der Waals surface area (Å²) in [5.74, 6) is -2.28. The van der Waals surface area contributed by atoms with Crippen LogP contribution in [0.3, 0.4) is 0 Å². The number of carbonyl (C=O) groups is 2. The fourth-order valence-corrected chi connectivity index (χ4v) is 1.39. The number of rotatable bonds is 5. The number of hydrogen-bond acceptors (Lipinski definition) is 5.